The summed E-state index contributed by atoms with van der Waals surface area (Å²) in [7, 11) is 0. The lowest BCUT2D eigenvalue weighted by molar-refractivity contribution is -0.137. The molecule has 0 aromatic heterocycles. The van der Waals surface area contributed by atoms with Crippen molar-refractivity contribution in [1.29, 1.82) is 0 Å². The molecule has 1 unspecified atom stereocenters. The Balaban J connectivity index is 2.06. The molecule has 0 spiro atoms. The minimum absolute atomic E-state index is 0.173. The molecule has 1 amide bonds. The first-order valence-electron chi connectivity index (χ1n) is 5.91. The predicted molar refractivity (Wildman–Crippen MR) is 61.5 cm³/mol. The van der Waals surface area contributed by atoms with E-state index >= 15 is 0 Å². The van der Waals surface area contributed by atoms with Crippen molar-refractivity contribution < 1.29 is 19.4 Å². The monoisotopic (exact) mass is 244 g/mol. The van der Waals surface area contributed by atoms with Gasteiger partial charge in [-0.05, 0) is 19.3 Å². The second kappa shape index (κ2) is 6.56. The highest BCUT2D eigenvalue weighted by Crippen LogP contribution is 2.15. The van der Waals surface area contributed by atoms with Gasteiger partial charge in [0.15, 0.2) is 0 Å². The normalized spacial score (nSPS) is 23.6. The summed E-state index contributed by atoms with van der Waals surface area (Å²) in [6.45, 7) is 1.35. The van der Waals surface area contributed by atoms with Crippen molar-refractivity contribution in [3.05, 3.63) is 0 Å². The zero-order valence-electron chi connectivity index (χ0n) is 9.91. The molecule has 1 saturated heterocycles. The molecular weight excluding hydrogens is 224 g/mol. The average Bonchev–Trinajstić information content (AvgIpc) is 2.71. The number of nitrogens with two attached hydrogens (primary N) is 1. The molecule has 0 bridgehead atoms. The van der Waals surface area contributed by atoms with Gasteiger partial charge >= 0.3 is 5.97 Å². The maximum absolute atomic E-state index is 11.7. The van der Waals surface area contributed by atoms with E-state index in [1.807, 2.05) is 0 Å². The third-order valence-electron chi connectivity index (χ3n) is 2.86. The summed E-state index contributed by atoms with van der Waals surface area (Å²) in [6.07, 6.45) is 2.94. The summed E-state index contributed by atoms with van der Waals surface area (Å²) in [5.41, 5.74) is 4.99. The van der Waals surface area contributed by atoms with Crippen LogP contribution < -0.4 is 11.1 Å². The van der Waals surface area contributed by atoms with Gasteiger partial charge < -0.3 is 20.9 Å². The Morgan fingerprint density at radius 1 is 1.35 bits per heavy atom. The second-order valence-corrected chi connectivity index (χ2v) is 4.42. The Labute approximate surface area is 101 Å². The van der Waals surface area contributed by atoms with Gasteiger partial charge in [0, 0.05) is 19.6 Å². The highest BCUT2D eigenvalue weighted by Gasteiger charge is 2.37. The van der Waals surface area contributed by atoms with Crippen molar-refractivity contribution in [1.82, 2.24) is 5.32 Å². The molecule has 1 heterocycles. The van der Waals surface area contributed by atoms with Gasteiger partial charge in [0.05, 0.1) is 6.61 Å². The number of amides is 1. The summed E-state index contributed by atoms with van der Waals surface area (Å²) in [4.78, 5) is 22.0. The van der Waals surface area contributed by atoms with Gasteiger partial charge in [0.25, 0.3) is 0 Å². The minimum atomic E-state index is -0.874. The summed E-state index contributed by atoms with van der Waals surface area (Å²) in [6, 6.07) is 0. The van der Waals surface area contributed by atoms with E-state index in [1.165, 1.54) is 0 Å². The number of ether oxygens (including phenoxy) is 1. The fraction of sp³-hybridized carbons (Fsp3) is 0.818. The molecule has 1 atom stereocenters. The fourth-order valence-electron chi connectivity index (χ4n) is 1.72. The molecule has 6 nitrogen and oxygen atoms in total. The maximum Gasteiger partial charge on any atom is 0.303 e. The van der Waals surface area contributed by atoms with Crippen LogP contribution in [0.25, 0.3) is 0 Å². The lowest BCUT2D eigenvalue weighted by atomic mass is 9.99. The molecule has 0 saturated carbocycles. The Morgan fingerprint density at radius 3 is 2.71 bits per heavy atom. The number of carbonyl (C=O) groups excluding carboxylic acids is 1. The quantitative estimate of drug-likeness (QED) is 0.541. The van der Waals surface area contributed by atoms with E-state index in [1.54, 1.807) is 0 Å². The summed E-state index contributed by atoms with van der Waals surface area (Å²) < 4.78 is 5.10. The molecule has 0 aliphatic carbocycles. The van der Waals surface area contributed by atoms with Gasteiger partial charge in [-0.25, -0.2) is 0 Å². The van der Waals surface area contributed by atoms with Gasteiger partial charge in [-0.1, -0.05) is 6.42 Å². The molecule has 98 valence electrons. The molecule has 0 aromatic carbocycles. The molecule has 1 aliphatic heterocycles. The molecule has 4 N–H and O–H groups in total. The number of hydrogen-bond donors (Lipinski definition) is 3. The van der Waals surface area contributed by atoms with Crippen LogP contribution in [0.2, 0.25) is 0 Å². The topological polar surface area (TPSA) is 102 Å². The minimum Gasteiger partial charge on any atom is -0.481 e. The van der Waals surface area contributed by atoms with E-state index in [9.17, 15) is 9.59 Å². The lowest BCUT2D eigenvalue weighted by Crippen LogP contribution is -2.54. The van der Waals surface area contributed by atoms with Crippen LogP contribution >= 0.6 is 0 Å². The Hall–Kier alpha value is -1.14. The second-order valence-electron chi connectivity index (χ2n) is 4.42. The number of aliphatic carboxylic acids is 1. The standard InChI is InChI=1S/C11H20N2O4/c12-11(5-7-17-8-11)10(16)13-6-3-1-2-4-9(14)15/h1-8,12H2,(H,13,16)(H,14,15). The van der Waals surface area contributed by atoms with E-state index < -0.39 is 11.5 Å². The molecule has 0 aromatic rings. The van der Waals surface area contributed by atoms with E-state index in [4.69, 9.17) is 15.6 Å². The largest absolute Gasteiger partial charge is 0.481 e. The highest BCUT2D eigenvalue weighted by atomic mass is 16.5. The summed E-state index contributed by atoms with van der Waals surface area (Å²) in [5, 5.41) is 11.2. The molecular formula is C11H20N2O4. The van der Waals surface area contributed by atoms with E-state index in [0.29, 0.717) is 26.0 Å². The molecule has 1 fully saturated rings. The summed E-state index contributed by atoms with van der Waals surface area (Å²) in [5.74, 6) is -0.953. The fourth-order valence-corrected chi connectivity index (χ4v) is 1.72. The van der Waals surface area contributed by atoms with Crippen LogP contribution in [0.3, 0.4) is 0 Å². The lowest BCUT2D eigenvalue weighted by Gasteiger charge is -2.20. The van der Waals surface area contributed by atoms with E-state index in [2.05, 4.69) is 5.32 Å². The van der Waals surface area contributed by atoms with Gasteiger partial charge in [-0.3, -0.25) is 9.59 Å². The number of carboxylic acids is 1. The van der Waals surface area contributed by atoms with Gasteiger partial charge in [0.1, 0.15) is 5.54 Å². The third kappa shape index (κ3) is 4.70. The van der Waals surface area contributed by atoms with Crippen molar-refractivity contribution in [2.75, 3.05) is 19.8 Å². The number of rotatable bonds is 7. The van der Waals surface area contributed by atoms with E-state index in [-0.39, 0.29) is 18.9 Å². The van der Waals surface area contributed by atoms with Crippen LogP contribution in [-0.4, -0.2) is 42.3 Å². The molecule has 17 heavy (non-hydrogen) atoms. The number of carboxylic acid groups (broad SMARTS) is 1. The predicted octanol–water partition coefficient (Wildman–Crippen LogP) is -0.135. The van der Waals surface area contributed by atoms with E-state index in [0.717, 1.165) is 12.8 Å². The molecule has 1 aliphatic rings. The first kappa shape index (κ1) is 13.9. The molecule has 6 heteroatoms. The maximum atomic E-state index is 11.7. The number of unbranched alkanes of at least 4 members (excludes halogenated alkanes) is 2. The smallest absolute Gasteiger partial charge is 0.303 e. The average molecular weight is 244 g/mol. The highest BCUT2D eigenvalue weighted by molar-refractivity contribution is 5.86. The molecule has 1 rings (SSSR count). The SMILES string of the molecule is NC1(C(=O)NCCCCCC(=O)O)CCOC1. The van der Waals surface area contributed by atoms with Gasteiger partial charge in [0.2, 0.25) is 5.91 Å². The van der Waals surface area contributed by atoms with Crippen molar-refractivity contribution in [3.63, 3.8) is 0 Å². The van der Waals surface area contributed by atoms with Crippen LogP contribution in [0.4, 0.5) is 0 Å². The van der Waals surface area contributed by atoms with Crippen LogP contribution in [0, 0.1) is 0 Å². The van der Waals surface area contributed by atoms with Crippen molar-refractivity contribution >= 4 is 11.9 Å². The Morgan fingerprint density at radius 2 is 2.12 bits per heavy atom. The first-order valence-corrected chi connectivity index (χ1v) is 5.91. The zero-order valence-corrected chi connectivity index (χ0v) is 9.91. The summed E-state index contributed by atoms with van der Waals surface area (Å²) >= 11 is 0. The van der Waals surface area contributed by atoms with Crippen LogP contribution in [0.1, 0.15) is 32.1 Å². The van der Waals surface area contributed by atoms with Gasteiger partial charge in [-0.2, -0.15) is 0 Å². The molecule has 0 radical (unpaired) electrons. The third-order valence-corrected chi connectivity index (χ3v) is 2.86. The van der Waals surface area contributed by atoms with Crippen molar-refractivity contribution in [2.24, 2.45) is 5.73 Å². The number of nitrogens with one attached hydrogen (secondary N) is 1. The van der Waals surface area contributed by atoms with Gasteiger partial charge in [-0.15, -0.1) is 0 Å². The Kier molecular flexibility index (Phi) is 5.37. The van der Waals surface area contributed by atoms with Crippen molar-refractivity contribution in [3.8, 4) is 0 Å². The number of hydrogen-bond acceptors (Lipinski definition) is 4. The Bertz CT molecular complexity index is 275. The van der Waals surface area contributed by atoms with Crippen LogP contribution in [0.5, 0.6) is 0 Å². The zero-order chi connectivity index (χ0) is 12.7. The van der Waals surface area contributed by atoms with Crippen LogP contribution in [0.15, 0.2) is 0 Å². The first-order chi connectivity index (χ1) is 8.04. The van der Waals surface area contributed by atoms with Crippen molar-refractivity contribution in [2.45, 2.75) is 37.6 Å². The number of carbonyl (C=O) groups is 2. The van der Waals surface area contributed by atoms with Crippen LogP contribution in [-0.2, 0) is 14.3 Å².